The van der Waals surface area contributed by atoms with Crippen molar-refractivity contribution in [3.05, 3.63) is 0 Å². The van der Waals surface area contributed by atoms with E-state index < -0.39 is 22.8 Å². The van der Waals surface area contributed by atoms with Gasteiger partial charge < -0.3 is 25.5 Å². The molecule has 0 aromatic carbocycles. The summed E-state index contributed by atoms with van der Waals surface area (Å²) in [5.74, 6) is -1.34. The SMILES string of the molecule is CC(CO)(CO)C(CO)(CCCCCCCCCCCCCCCCCCCCCC(=O)O)CCCCCCCCCCCCCCCCCCCCCC(=O)O. The van der Waals surface area contributed by atoms with E-state index in [1.165, 1.54) is 205 Å². The van der Waals surface area contributed by atoms with Crippen LogP contribution in [0.1, 0.15) is 277 Å². The lowest BCUT2D eigenvalue weighted by molar-refractivity contribution is -0.138. The van der Waals surface area contributed by atoms with Crippen molar-refractivity contribution in [2.24, 2.45) is 10.8 Å². The van der Waals surface area contributed by atoms with E-state index in [0.717, 1.165) is 51.4 Å². The first-order chi connectivity index (χ1) is 27.8. The molecule has 340 valence electrons. The van der Waals surface area contributed by atoms with E-state index in [-0.39, 0.29) is 19.8 Å². The van der Waals surface area contributed by atoms with Crippen molar-refractivity contribution in [1.82, 2.24) is 0 Å². The Labute approximate surface area is 353 Å². The lowest BCUT2D eigenvalue weighted by Gasteiger charge is -2.46. The summed E-state index contributed by atoms with van der Waals surface area (Å²) in [4.78, 5) is 21.1. The third-order valence-electron chi connectivity index (χ3n) is 13.4. The molecule has 7 heteroatoms. The molecule has 0 unspecified atom stereocenters. The maximum absolute atomic E-state index is 10.7. The van der Waals surface area contributed by atoms with Crippen molar-refractivity contribution in [1.29, 1.82) is 0 Å². The number of hydrogen-bond acceptors (Lipinski definition) is 5. The van der Waals surface area contributed by atoms with Gasteiger partial charge in [-0.1, -0.05) is 238 Å². The molecule has 7 nitrogen and oxygen atoms in total. The summed E-state index contributed by atoms with van der Waals surface area (Å²) < 4.78 is 0. The van der Waals surface area contributed by atoms with Crippen LogP contribution >= 0.6 is 0 Å². The fraction of sp³-hybridized carbons (Fsp3) is 0.960. The Morgan fingerprint density at radius 2 is 0.474 bits per heavy atom. The van der Waals surface area contributed by atoms with Crippen molar-refractivity contribution in [2.75, 3.05) is 19.8 Å². The second-order valence-electron chi connectivity index (χ2n) is 18.5. The predicted octanol–water partition coefficient (Wildman–Crippen LogP) is 14.5. The average molecular weight is 811 g/mol. The van der Waals surface area contributed by atoms with Crippen LogP contribution in [-0.2, 0) is 9.59 Å². The largest absolute Gasteiger partial charge is 0.481 e. The van der Waals surface area contributed by atoms with Crippen LogP contribution in [0.25, 0.3) is 0 Å². The minimum Gasteiger partial charge on any atom is -0.481 e. The molecule has 0 aromatic rings. The smallest absolute Gasteiger partial charge is 0.303 e. The molecule has 0 saturated heterocycles. The topological polar surface area (TPSA) is 135 Å². The lowest BCUT2D eigenvalue weighted by atomic mass is 9.60. The van der Waals surface area contributed by atoms with Crippen LogP contribution in [0.3, 0.4) is 0 Å². The summed E-state index contributed by atoms with van der Waals surface area (Å²) in [7, 11) is 0. The van der Waals surface area contributed by atoms with Crippen molar-refractivity contribution >= 4 is 11.9 Å². The highest BCUT2D eigenvalue weighted by Crippen LogP contribution is 2.47. The summed E-state index contributed by atoms with van der Waals surface area (Å²) in [5.41, 5.74) is -1.07. The number of unbranched alkanes of at least 4 members (excludes halogenated alkanes) is 36. The van der Waals surface area contributed by atoms with Crippen molar-refractivity contribution in [3.8, 4) is 0 Å². The Morgan fingerprint density at radius 3 is 0.632 bits per heavy atom. The van der Waals surface area contributed by atoms with E-state index in [2.05, 4.69) is 0 Å². The van der Waals surface area contributed by atoms with Crippen LogP contribution in [0.5, 0.6) is 0 Å². The molecular weight excluding hydrogens is 713 g/mol. The molecule has 0 fully saturated rings. The average Bonchev–Trinajstić information content (AvgIpc) is 3.20. The fourth-order valence-electron chi connectivity index (χ4n) is 8.95. The highest BCUT2D eigenvalue weighted by atomic mass is 16.4. The van der Waals surface area contributed by atoms with Gasteiger partial charge in [-0.2, -0.15) is 0 Å². The zero-order valence-electron chi connectivity index (χ0n) is 37.9. The molecule has 0 aliphatic carbocycles. The van der Waals surface area contributed by atoms with Gasteiger partial charge in [0.1, 0.15) is 0 Å². The number of rotatable bonds is 48. The molecule has 0 spiro atoms. The first-order valence-electron chi connectivity index (χ1n) is 25.0. The minimum atomic E-state index is -0.669. The maximum atomic E-state index is 10.7. The van der Waals surface area contributed by atoms with Gasteiger partial charge in [0.05, 0.1) is 13.2 Å². The number of aliphatic carboxylic acids is 2. The molecule has 0 aliphatic rings. The number of aliphatic hydroxyl groups is 3. The molecule has 0 heterocycles. The van der Waals surface area contributed by atoms with Gasteiger partial charge in [0, 0.05) is 30.3 Å². The second kappa shape index (κ2) is 41.5. The van der Waals surface area contributed by atoms with Crippen LogP contribution < -0.4 is 0 Å². The fourth-order valence-corrected chi connectivity index (χ4v) is 8.95. The highest BCUT2D eigenvalue weighted by molar-refractivity contribution is 5.66. The molecule has 5 N–H and O–H groups in total. The Hall–Kier alpha value is -1.18. The first-order valence-corrected chi connectivity index (χ1v) is 25.0. The monoisotopic (exact) mass is 811 g/mol. The Bertz CT molecular complexity index is 802. The van der Waals surface area contributed by atoms with Gasteiger partial charge in [-0.25, -0.2) is 0 Å². The van der Waals surface area contributed by atoms with Crippen LogP contribution in [-0.4, -0.2) is 57.3 Å². The Balaban J connectivity index is 3.83. The van der Waals surface area contributed by atoms with E-state index in [0.29, 0.717) is 12.8 Å². The number of hydrogen-bond donors (Lipinski definition) is 5. The molecule has 0 aliphatic heterocycles. The summed E-state index contributed by atoms with van der Waals surface area (Å²) in [6, 6.07) is 0. The van der Waals surface area contributed by atoms with Gasteiger partial charge in [-0.3, -0.25) is 9.59 Å². The van der Waals surface area contributed by atoms with Gasteiger partial charge in [-0.15, -0.1) is 0 Å². The van der Waals surface area contributed by atoms with Crippen molar-refractivity contribution in [3.63, 3.8) is 0 Å². The molecule has 0 amide bonds. The third-order valence-corrected chi connectivity index (χ3v) is 13.4. The summed E-state index contributed by atoms with van der Waals surface area (Å²) >= 11 is 0. The zero-order chi connectivity index (χ0) is 42.0. The molecule has 0 aromatic heterocycles. The second-order valence-corrected chi connectivity index (χ2v) is 18.5. The van der Waals surface area contributed by atoms with Crippen LogP contribution in [0.15, 0.2) is 0 Å². The first kappa shape index (κ1) is 55.8. The number of carbonyl (C=O) groups is 2. The van der Waals surface area contributed by atoms with Gasteiger partial charge in [0.15, 0.2) is 0 Å². The minimum absolute atomic E-state index is 0.0414. The van der Waals surface area contributed by atoms with Crippen LogP contribution in [0, 0.1) is 10.8 Å². The normalized spacial score (nSPS) is 12.1. The van der Waals surface area contributed by atoms with Crippen molar-refractivity contribution < 1.29 is 35.1 Å². The van der Waals surface area contributed by atoms with Gasteiger partial charge in [-0.05, 0) is 25.7 Å². The van der Waals surface area contributed by atoms with E-state index in [1.54, 1.807) is 0 Å². The third kappa shape index (κ3) is 34.3. The summed E-state index contributed by atoms with van der Waals surface area (Å²) in [6.45, 7) is 1.85. The molecule has 0 saturated carbocycles. The molecule has 0 atom stereocenters. The van der Waals surface area contributed by atoms with E-state index in [9.17, 15) is 24.9 Å². The molecule has 0 rings (SSSR count). The maximum Gasteiger partial charge on any atom is 0.303 e. The van der Waals surface area contributed by atoms with Gasteiger partial charge in [0.25, 0.3) is 0 Å². The van der Waals surface area contributed by atoms with E-state index >= 15 is 0 Å². The molecular formula is C50H98O7. The number of carboxylic acid groups (broad SMARTS) is 2. The summed E-state index contributed by atoms with van der Waals surface area (Å²) in [6.07, 6.45) is 50.1. The Kier molecular flexibility index (Phi) is 40.7. The quantitative estimate of drug-likeness (QED) is 0.0386. The zero-order valence-corrected chi connectivity index (χ0v) is 37.9. The Morgan fingerprint density at radius 1 is 0.298 bits per heavy atom. The van der Waals surface area contributed by atoms with Crippen LogP contribution in [0.4, 0.5) is 0 Å². The van der Waals surface area contributed by atoms with E-state index in [4.69, 9.17) is 10.2 Å². The number of carboxylic acids is 2. The highest BCUT2D eigenvalue weighted by Gasteiger charge is 2.46. The lowest BCUT2D eigenvalue weighted by Crippen LogP contribution is -2.48. The predicted molar refractivity (Wildman–Crippen MR) is 241 cm³/mol. The molecule has 57 heavy (non-hydrogen) atoms. The van der Waals surface area contributed by atoms with Gasteiger partial charge >= 0.3 is 11.9 Å². The van der Waals surface area contributed by atoms with E-state index in [1.807, 2.05) is 6.92 Å². The van der Waals surface area contributed by atoms with Crippen LogP contribution in [0.2, 0.25) is 0 Å². The molecule has 0 radical (unpaired) electrons. The van der Waals surface area contributed by atoms with Gasteiger partial charge in [0.2, 0.25) is 0 Å². The summed E-state index contributed by atoms with van der Waals surface area (Å²) in [5, 5.41) is 48.7. The van der Waals surface area contributed by atoms with Crippen molar-refractivity contribution in [2.45, 2.75) is 277 Å². The number of aliphatic hydroxyl groups excluding tert-OH is 3. The standard InChI is InChI=1S/C50H98O7/c1-49(44-51,45-52)50(46-53,42-38-34-30-26-22-18-14-10-6-2-4-8-12-16-20-24-28-32-36-40-47(54)55)43-39-35-31-27-23-19-15-11-7-3-5-9-13-17-21-25-29-33-37-41-48(56)57/h51-53H,2-46H2,1H3,(H,54,55)(H,56,57). The molecule has 0 bridgehead atoms.